The Bertz CT molecular complexity index is 530. The van der Waals surface area contributed by atoms with Crippen molar-refractivity contribution in [1.29, 1.82) is 0 Å². The number of nitrogens with one attached hydrogen (secondary N) is 2. The van der Waals surface area contributed by atoms with Crippen molar-refractivity contribution in [2.75, 3.05) is 20.6 Å². The lowest BCUT2D eigenvalue weighted by Crippen LogP contribution is -2.46. The van der Waals surface area contributed by atoms with Gasteiger partial charge < -0.3 is 10.2 Å². The summed E-state index contributed by atoms with van der Waals surface area (Å²) in [6.45, 7) is 6.14. The average Bonchev–Trinajstić information content (AvgIpc) is 2.88. The molecule has 0 saturated heterocycles. The van der Waals surface area contributed by atoms with Crippen molar-refractivity contribution >= 4 is 0 Å². The molecule has 0 atom stereocenters. The van der Waals surface area contributed by atoms with E-state index in [1.807, 2.05) is 24.5 Å². The Kier molecular flexibility index (Phi) is 4.52. The van der Waals surface area contributed by atoms with Crippen molar-refractivity contribution in [3.05, 3.63) is 36.3 Å². The Morgan fingerprint density at radius 2 is 2.10 bits per heavy atom. The van der Waals surface area contributed by atoms with Crippen molar-refractivity contribution in [3.8, 4) is 11.3 Å². The van der Waals surface area contributed by atoms with E-state index >= 15 is 0 Å². The van der Waals surface area contributed by atoms with Crippen molar-refractivity contribution in [2.24, 2.45) is 0 Å². The van der Waals surface area contributed by atoms with Crippen LogP contribution in [-0.2, 0) is 6.54 Å². The van der Waals surface area contributed by atoms with E-state index in [9.17, 15) is 0 Å². The predicted molar refractivity (Wildman–Crippen MR) is 81.3 cm³/mol. The van der Waals surface area contributed by atoms with Gasteiger partial charge in [-0.25, -0.2) is 0 Å². The van der Waals surface area contributed by atoms with E-state index < -0.39 is 0 Å². The van der Waals surface area contributed by atoms with E-state index in [-0.39, 0.29) is 5.54 Å². The van der Waals surface area contributed by atoms with Gasteiger partial charge in [0.1, 0.15) is 0 Å². The molecule has 20 heavy (non-hydrogen) atoms. The molecule has 2 N–H and O–H groups in total. The Morgan fingerprint density at radius 1 is 1.30 bits per heavy atom. The molecule has 0 radical (unpaired) electrons. The van der Waals surface area contributed by atoms with E-state index in [4.69, 9.17) is 0 Å². The largest absolute Gasteiger partial charge is 0.311 e. The molecule has 0 aliphatic heterocycles. The Labute approximate surface area is 120 Å². The van der Waals surface area contributed by atoms with E-state index in [1.54, 1.807) is 6.20 Å². The molecular formula is C15H23N5. The first-order valence-electron chi connectivity index (χ1n) is 6.81. The Balaban J connectivity index is 2.00. The lowest BCUT2D eigenvalue weighted by atomic mass is 10.0. The van der Waals surface area contributed by atoms with Gasteiger partial charge in [0.2, 0.25) is 0 Å². The maximum Gasteiger partial charge on any atom is 0.0710 e. The number of H-pyrrole nitrogens is 1. The number of hydrogen-bond donors (Lipinski definition) is 2. The second-order valence-corrected chi connectivity index (χ2v) is 5.82. The van der Waals surface area contributed by atoms with Crippen LogP contribution in [0.15, 0.2) is 30.7 Å². The highest BCUT2D eigenvalue weighted by Gasteiger charge is 2.19. The predicted octanol–water partition coefficient (Wildman–Crippen LogP) is 1.90. The molecule has 0 saturated carbocycles. The normalized spacial score (nSPS) is 12.1. The van der Waals surface area contributed by atoms with Gasteiger partial charge in [0.15, 0.2) is 0 Å². The summed E-state index contributed by atoms with van der Waals surface area (Å²) in [5.41, 5.74) is 3.38. The summed E-state index contributed by atoms with van der Waals surface area (Å²) >= 11 is 0. The van der Waals surface area contributed by atoms with E-state index in [2.05, 4.69) is 53.3 Å². The molecule has 0 aromatic carbocycles. The van der Waals surface area contributed by atoms with Crippen LogP contribution in [0.5, 0.6) is 0 Å². The topological polar surface area (TPSA) is 56.8 Å². The number of aromatic amines is 1. The van der Waals surface area contributed by atoms with E-state index in [1.165, 1.54) is 0 Å². The summed E-state index contributed by atoms with van der Waals surface area (Å²) in [6, 6.07) is 3.97. The summed E-state index contributed by atoms with van der Waals surface area (Å²) in [7, 11) is 4.20. The second-order valence-electron chi connectivity index (χ2n) is 5.82. The summed E-state index contributed by atoms with van der Waals surface area (Å²) in [4.78, 5) is 6.37. The Hall–Kier alpha value is -1.72. The third-order valence-corrected chi connectivity index (χ3v) is 3.75. The minimum atomic E-state index is 0.123. The zero-order valence-corrected chi connectivity index (χ0v) is 12.6. The summed E-state index contributed by atoms with van der Waals surface area (Å²) in [6.07, 6.45) is 5.50. The van der Waals surface area contributed by atoms with Crippen molar-refractivity contribution in [3.63, 3.8) is 0 Å². The lowest BCUT2D eigenvalue weighted by Gasteiger charge is -2.32. The van der Waals surface area contributed by atoms with Crippen LogP contribution in [0.3, 0.4) is 0 Å². The number of nitrogens with zero attached hydrogens (tertiary/aromatic N) is 3. The van der Waals surface area contributed by atoms with Gasteiger partial charge in [0, 0.05) is 42.1 Å². The van der Waals surface area contributed by atoms with Crippen LogP contribution in [0.4, 0.5) is 0 Å². The van der Waals surface area contributed by atoms with E-state index in [0.29, 0.717) is 0 Å². The van der Waals surface area contributed by atoms with Crippen molar-refractivity contribution in [1.82, 2.24) is 25.4 Å². The fourth-order valence-corrected chi connectivity index (χ4v) is 1.87. The lowest BCUT2D eigenvalue weighted by molar-refractivity contribution is 0.190. The van der Waals surface area contributed by atoms with Gasteiger partial charge >= 0.3 is 0 Å². The molecule has 0 amide bonds. The summed E-state index contributed by atoms with van der Waals surface area (Å²) < 4.78 is 0. The highest BCUT2D eigenvalue weighted by Crippen LogP contribution is 2.19. The molecule has 5 nitrogen and oxygen atoms in total. The van der Waals surface area contributed by atoms with Crippen LogP contribution in [-0.4, -0.2) is 46.3 Å². The van der Waals surface area contributed by atoms with Crippen LogP contribution >= 0.6 is 0 Å². The van der Waals surface area contributed by atoms with Gasteiger partial charge in [0.05, 0.1) is 11.9 Å². The summed E-state index contributed by atoms with van der Waals surface area (Å²) in [5, 5.41) is 10.7. The molecule has 2 heterocycles. The average molecular weight is 273 g/mol. The first-order chi connectivity index (χ1) is 9.50. The van der Waals surface area contributed by atoms with Gasteiger partial charge in [0.25, 0.3) is 0 Å². The number of likely N-dealkylation sites (N-methyl/N-ethyl adjacent to an activating group) is 1. The van der Waals surface area contributed by atoms with Crippen LogP contribution in [0, 0.1) is 0 Å². The zero-order chi connectivity index (χ0) is 14.6. The number of hydrogen-bond acceptors (Lipinski definition) is 4. The number of pyridine rings is 1. The molecule has 0 aliphatic rings. The molecule has 2 aromatic rings. The van der Waals surface area contributed by atoms with Crippen LogP contribution < -0.4 is 5.32 Å². The quantitative estimate of drug-likeness (QED) is 0.844. The zero-order valence-electron chi connectivity index (χ0n) is 12.6. The van der Waals surface area contributed by atoms with Gasteiger partial charge in [-0.15, -0.1) is 0 Å². The molecule has 2 aromatic heterocycles. The molecule has 0 spiro atoms. The molecule has 2 rings (SSSR count). The maximum absolute atomic E-state index is 4.15. The molecule has 5 heteroatoms. The fraction of sp³-hybridized carbons (Fsp3) is 0.467. The molecule has 0 aliphatic carbocycles. The second kappa shape index (κ2) is 6.15. The van der Waals surface area contributed by atoms with Gasteiger partial charge in [-0.1, -0.05) is 0 Å². The number of aromatic nitrogens is 3. The minimum Gasteiger partial charge on any atom is -0.311 e. The smallest absolute Gasteiger partial charge is 0.0710 e. The Morgan fingerprint density at radius 3 is 2.75 bits per heavy atom. The molecule has 0 fully saturated rings. The minimum absolute atomic E-state index is 0.123. The van der Waals surface area contributed by atoms with Crippen molar-refractivity contribution < 1.29 is 0 Å². The highest BCUT2D eigenvalue weighted by molar-refractivity contribution is 5.61. The van der Waals surface area contributed by atoms with Crippen LogP contribution in [0.2, 0.25) is 0 Å². The standard InChI is InChI=1S/C15H23N5/c1-15(2,20(3)4)11-17-9-13-10-18-19-14(13)12-6-5-7-16-8-12/h5-8,10,17H,9,11H2,1-4H3,(H,18,19). The highest BCUT2D eigenvalue weighted by atomic mass is 15.2. The molecule has 0 bridgehead atoms. The van der Waals surface area contributed by atoms with Gasteiger partial charge in [-0.3, -0.25) is 10.1 Å². The fourth-order valence-electron chi connectivity index (χ4n) is 1.87. The van der Waals surface area contributed by atoms with Gasteiger partial charge in [-0.05, 0) is 40.1 Å². The van der Waals surface area contributed by atoms with E-state index in [0.717, 1.165) is 29.9 Å². The van der Waals surface area contributed by atoms with Gasteiger partial charge in [-0.2, -0.15) is 5.10 Å². The van der Waals surface area contributed by atoms with Crippen LogP contribution in [0.25, 0.3) is 11.3 Å². The molecular weight excluding hydrogens is 250 g/mol. The molecule has 108 valence electrons. The van der Waals surface area contributed by atoms with Crippen LogP contribution in [0.1, 0.15) is 19.4 Å². The monoisotopic (exact) mass is 273 g/mol. The SMILES string of the molecule is CN(C)C(C)(C)CNCc1cn[nH]c1-c1cccnc1. The first kappa shape index (κ1) is 14.7. The third kappa shape index (κ3) is 3.43. The molecule has 0 unspecified atom stereocenters. The first-order valence-corrected chi connectivity index (χ1v) is 6.81. The number of rotatable bonds is 6. The third-order valence-electron chi connectivity index (χ3n) is 3.75. The summed E-state index contributed by atoms with van der Waals surface area (Å²) in [5.74, 6) is 0. The maximum atomic E-state index is 4.15. The van der Waals surface area contributed by atoms with Crippen molar-refractivity contribution in [2.45, 2.75) is 25.9 Å².